The fourth-order valence-electron chi connectivity index (χ4n) is 2.52. The summed E-state index contributed by atoms with van der Waals surface area (Å²) in [5.74, 6) is 0.564. The van der Waals surface area contributed by atoms with Crippen molar-refractivity contribution in [1.29, 1.82) is 0 Å². The van der Waals surface area contributed by atoms with E-state index >= 15 is 0 Å². The van der Waals surface area contributed by atoms with Gasteiger partial charge in [-0.2, -0.15) is 0 Å². The quantitative estimate of drug-likeness (QED) is 0.673. The van der Waals surface area contributed by atoms with Crippen LogP contribution in [-0.4, -0.2) is 16.6 Å². The van der Waals surface area contributed by atoms with E-state index in [1.807, 2.05) is 30.3 Å². The van der Waals surface area contributed by atoms with Crippen LogP contribution in [0.5, 0.6) is 5.75 Å². The van der Waals surface area contributed by atoms with Crippen LogP contribution in [0.25, 0.3) is 10.9 Å². The summed E-state index contributed by atoms with van der Waals surface area (Å²) in [4.78, 5) is 14.4. The van der Waals surface area contributed by atoms with E-state index in [4.69, 9.17) is 10.5 Å². The van der Waals surface area contributed by atoms with Gasteiger partial charge in [0, 0.05) is 18.0 Å². The molecular formula is C18H18N2O3. The summed E-state index contributed by atoms with van der Waals surface area (Å²) in [7, 11) is 0. The molecule has 4 N–H and O–H groups in total. The second-order valence-corrected chi connectivity index (χ2v) is 5.29. The lowest BCUT2D eigenvalue weighted by molar-refractivity contribution is 0.188. The molecule has 0 radical (unpaired) electrons. The van der Waals surface area contributed by atoms with E-state index in [-0.39, 0.29) is 12.1 Å². The molecule has 0 amide bonds. The summed E-state index contributed by atoms with van der Waals surface area (Å²) in [5, 5.41) is 10.8. The summed E-state index contributed by atoms with van der Waals surface area (Å²) in [6, 6.07) is 16.4. The number of ether oxygens (including phenoxy) is 1. The number of aromatic amines is 1. The minimum absolute atomic E-state index is 0.110. The molecule has 1 unspecified atom stereocenters. The smallest absolute Gasteiger partial charge is 0.248 e. The Labute approximate surface area is 133 Å². The Kier molecular flexibility index (Phi) is 4.41. The maximum absolute atomic E-state index is 11.7. The van der Waals surface area contributed by atoms with Crippen molar-refractivity contribution in [1.82, 2.24) is 4.98 Å². The highest BCUT2D eigenvalue weighted by Crippen LogP contribution is 2.29. The van der Waals surface area contributed by atoms with Crippen molar-refractivity contribution in [3.63, 3.8) is 0 Å². The van der Waals surface area contributed by atoms with E-state index in [1.54, 1.807) is 18.2 Å². The molecule has 23 heavy (non-hydrogen) atoms. The molecule has 0 bridgehead atoms. The molecular weight excluding hydrogens is 292 g/mol. The highest BCUT2D eigenvalue weighted by Gasteiger charge is 2.13. The average molecular weight is 310 g/mol. The molecule has 0 saturated carbocycles. The Morgan fingerprint density at radius 2 is 1.87 bits per heavy atom. The minimum Gasteiger partial charge on any atom is -0.487 e. The largest absolute Gasteiger partial charge is 0.487 e. The van der Waals surface area contributed by atoms with Gasteiger partial charge in [-0.25, -0.2) is 0 Å². The summed E-state index contributed by atoms with van der Waals surface area (Å²) in [6.07, 6.45) is -0.786. The first-order chi connectivity index (χ1) is 11.2. The molecule has 2 aromatic carbocycles. The standard InChI is InChI=1S/C18H18N2O3/c19-10-15(21)13-6-8-16(18-14(13)7-9-17(22)20-18)23-11-12-4-2-1-3-5-12/h1-9,15,21H,10-11,19H2,(H,20,22). The number of H-pyrrole nitrogens is 1. The summed E-state index contributed by atoms with van der Waals surface area (Å²) >= 11 is 0. The van der Waals surface area contributed by atoms with Crippen LogP contribution in [0.1, 0.15) is 17.2 Å². The Hall–Kier alpha value is -2.63. The number of aromatic nitrogens is 1. The second kappa shape index (κ2) is 6.64. The number of aliphatic hydroxyl groups excluding tert-OH is 1. The highest BCUT2D eigenvalue weighted by atomic mass is 16.5. The number of aliphatic hydroxyl groups is 1. The van der Waals surface area contributed by atoms with Crippen molar-refractivity contribution in [2.75, 3.05) is 6.54 Å². The molecule has 0 fully saturated rings. The Morgan fingerprint density at radius 3 is 2.61 bits per heavy atom. The molecule has 0 aliphatic heterocycles. The number of benzene rings is 2. The van der Waals surface area contributed by atoms with Crippen LogP contribution in [0.2, 0.25) is 0 Å². The van der Waals surface area contributed by atoms with Gasteiger partial charge in [0.25, 0.3) is 0 Å². The van der Waals surface area contributed by atoms with Crippen LogP contribution in [0, 0.1) is 0 Å². The van der Waals surface area contributed by atoms with Crippen molar-refractivity contribution < 1.29 is 9.84 Å². The van der Waals surface area contributed by atoms with E-state index in [9.17, 15) is 9.90 Å². The lowest BCUT2D eigenvalue weighted by Gasteiger charge is -2.15. The van der Waals surface area contributed by atoms with Gasteiger partial charge in [0.1, 0.15) is 12.4 Å². The number of nitrogens with one attached hydrogen (secondary N) is 1. The van der Waals surface area contributed by atoms with Crippen molar-refractivity contribution in [2.45, 2.75) is 12.7 Å². The van der Waals surface area contributed by atoms with E-state index in [0.717, 1.165) is 10.9 Å². The van der Waals surface area contributed by atoms with Gasteiger partial charge in [-0.1, -0.05) is 36.4 Å². The van der Waals surface area contributed by atoms with Gasteiger partial charge < -0.3 is 20.6 Å². The third-order valence-electron chi connectivity index (χ3n) is 3.71. The van der Waals surface area contributed by atoms with Crippen LogP contribution in [0.4, 0.5) is 0 Å². The summed E-state index contributed by atoms with van der Waals surface area (Å²) in [5.41, 5.74) is 7.60. The van der Waals surface area contributed by atoms with Crippen LogP contribution < -0.4 is 16.0 Å². The number of nitrogens with two attached hydrogens (primary N) is 1. The van der Waals surface area contributed by atoms with Gasteiger partial charge >= 0.3 is 0 Å². The predicted octanol–water partition coefficient (Wildman–Crippen LogP) is 2.10. The molecule has 1 atom stereocenters. The lowest BCUT2D eigenvalue weighted by Crippen LogP contribution is -2.13. The number of hydrogen-bond donors (Lipinski definition) is 3. The minimum atomic E-state index is -0.786. The number of rotatable bonds is 5. The highest BCUT2D eigenvalue weighted by molar-refractivity contribution is 5.87. The Morgan fingerprint density at radius 1 is 1.09 bits per heavy atom. The first-order valence-corrected chi connectivity index (χ1v) is 7.40. The van der Waals surface area contributed by atoms with Crippen molar-refractivity contribution >= 4 is 10.9 Å². The molecule has 118 valence electrons. The van der Waals surface area contributed by atoms with Gasteiger partial charge in [-0.15, -0.1) is 0 Å². The van der Waals surface area contributed by atoms with Crippen LogP contribution in [0.15, 0.2) is 59.4 Å². The number of pyridine rings is 1. The number of hydrogen-bond acceptors (Lipinski definition) is 4. The van der Waals surface area contributed by atoms with Gasteiger partial charge in [0.05, 0.1) is 11.6 Å². The van der Waals surface area contributed by atoms with Crippen molar-refractivity contribution in [3.8, 4) is 5.75 Å². The third kappa shape index (κ3) is 3.26. The fourth-order valence-corrected chi connectivity index (χ4v) is 2.52. The second-order valence-electron chi connectivity index (χ2n) is 5.29. The fraction of sp³-hybridized carbons (Fsp3) is 0.167. The van der Waals surface area contributed by atoms with E-state index in [2.05, 4.69) is 4.98 Å². The zero-order valence-corrected chi connectivity index (χ0v) is 12.5. The molecule has 3 rings (SSSR count). The molecule has 1 heterocycles. The molecule has 0 aliphatic carbocycles. The maximum Gasteiger partial charge on any atom is 0.248 e. The monoisotopic (exact) mass is 310 g/mol. The molecule has 3 aromatic rings. The van der Waals surface area contributed by atoms with Gasteiger partial charge in [0.15, 0.2) is 0 Å². The zero-order chi connectivity index (χ0) is 16.2. The maximum atomic E-state index is 11.7. The van der Waals surface area contributed by atoms with Gasteiger partial charge in [0.2, 0.25) is 5.56 Å². The van der Waals surface area contributed by atoms with E-state index in [0.29, 0.717) is 23.4 Å². The first kappa shape index (κ1) is 15.3. The number of fused-ring (bicyclic) bond motifs is 1. The van der Waals surface area contributed by atoms with E-state index < -0.39 is 6.10 Å². The predicted molar refractivity (Wildman–Crippen MR) is 89.4 cm³/mol. The van der Waals surface area contributed by atoms with Gasteiger partial charge in [-0.05, 0) is 23.3 Å². The molecule has 0 spiro atoms. The molecule has 5 nitrogen and oxygen atoms in total. The van der Waals surface area contributed by atoms with Crippen LogP contribution in [-0.2, 0) is 6.61 Å². The van der Waals surface area contributed by atoms with Gasteiger partial charge in [-0.3, -0.25) is 4.79 Å². The summed E-state index contributed by atoms with van der Waals surface area (Å²) in [6.45, 7) is 0.504. The Bertz CT molecular complexity index is 859. The van der Waals surface area contributed by atoms with E-state index in [1.165, 1.54) is 6.07 Å². The van der Waals surface area contributed by atoms with Crippen LogP contribution in [0.3, 0.4) is 0 Å². The summed E-state index contributed by atoms with van der Waals surface area (Å²) < 4.78 is 5.85. The Balaban J connectivity index is 2.00. The molecule has 0 aliphatic rings. The zero-order valence-electron chi connectivity index (χ0n) is 12.5. The first-order valence-electron chi connectivity index (χ1n) is 7.40. The van der Waals surface area contributed by atoms with Crippen LogP contribution >= 0.6 is 0 Å². The topological polar surface area (TPSA) is 88.3 Å². The van der Waals surface area contributed by atoms with Crippen molar-refractivity contribution in [3.05, 3.63) is 76.1 Å². The van der Waals surface area contributed by atoms with Crippen molar-refractivity contribution in [2.24, 2.45) is 5.73 Å². The third-order valence-corrected chi connectivity index (χ3v) is 3.71. The molecule has 0 saturated heterocycles. The SMILES string of the molecule is NCC(O)c1ccc(OCc2ccccc2)c2[nH]c(=O)ccc12. The lowest BCUT2D eigenvalue weighted by atomic mass is 10.0. The molecule has 1 aromatic heterocycles. The normalized spacial score (nSPS) is 12.3. The average Bonchev–Trinajstić information content (AvgIpc) is 2.59. The molecule has 5 heteroatoms.